The highest BCUT2D eigenvalue weighted by Crippen LogP contribution is 2.23. The third-order valence-corrected chi connectivity index (χ3v) is 4.64. The Morgan fingerprint density at radius 3 is 2.76 bits per heavy atom. The van der Waals surface area contributed by atoms with E-state index in [-0.39, 0.29) is 5.91 Å². The molecule has 1 aliphatic heterocycles. The number of aromatic nitrogens is 1. The number of unbranched alkanes of at least 4 members (excludes halogenated alkanes) is 1. The molecule has 1 aromatic carbocycles. The third-order valence-electron chi connectivity index (χ3n) is 3.61. The lowest BCUT2D eigenvalue weighted by atomic mass is 10.1. The smallest absolute Gasteiger partial charge is 0.254 e. The number of carbonyl (C=O) groups excluding carboxylic acids is 1. The first-order valence-electron chi connectivity index (χ1n) is 7.25. The van der Waals surface area contributed by atoms with Crippen LogP contribution in [0, 0.1) is 0 Å². The Hall–Kier alpha value is -1.81. The molecule has 3 nitrogen and oxygen atoms in total. The first-order valence-corrected chi connectivity index (χ1v) is 8.24. The molecule has 0 unspecified atom stereocenters. The first-order chi connectivity index (χ1) is 10.3. The number of fused-ring (bicyclic) bond motifs is 1. The van der Waals surface area contributed by atoms with Crippen molar-refractivity contribution in [1.82, 2.24) is 9.88 Å². The van der Waals surface area contributed by atoms with Crippen LogP contribution in [0.15, 0.2) is 53.7 Å². The fourth-order valence-corrected chi connectivity index (χ4v) is 3.38. The minimum atomic E-state index is 0.183. The molecule has 3 rings (SSSR count). The number of hydrogen-bond acceptors (Lipinski definition) is 3. The maximum atomic E-state index is 12.2. The number of carbonyl (C=O) groups is 1. The van der Waals surface area contributed by atoms with Crippen LogP contribution in [0.25, 0.3) is 0 Å². The van der Waals surface area contributed by atoms with E-state index < -0.39 is 0 Å². The van der Waals surface area contributed by atoms with Gasteiger partial charge in [-0.1, -0.05) is 24.3 Å². The van der Waals surface area contributed by atoms with Crippen molar-refractivity contribution in [3.8, 4) is 0 Å². The fraction of sp³-hybridized carbons (Fsp3) is 0.294. The van der Waals surface area contributed by atoms with Gasteiger partial charge in [-0.2, -0.15) is 0 Å². The van der Waals surface area contributed by atoms with Gasteiger partial charge in [0.15, 0.2) is 0 Å². The van der Waals surface area contributed by atoms with E-state index in [0.717, 1.165) is 47.8 Å². The SMILES string of the molecule is O=C1c2ccccc2CN1CCCCSc1ccccn1. The van der Waals surface area contributed by atoms with Gasteiger partial charge in [-0.05, 0) is 42.4 Å². The van der Waals surface area contributed by atoms with Crippen molar-refractivity contribution in [2.24, 2.45) is 0 Å². The molecule has 0 fully saturated rings. The van der Waals surface area contributed by atoms with Crippen molar-refractivity contribution in [3.05, 3.63) is 59.8 Å². The molecule has 108 valence electrons. The van der Waals surface area contributed by atoms with Crippen LogP contribution in [0.2, 0.25) is 0 Å². The summed E-state index contributed by atoms with van der Waals surface area (Å²) in [5, 5.41) is 1.07. The van der Waals surface area contributed by atoms with Crippen LogP contribution >= 0.6 is 11.8 Å². The van der Waals surface area contributed by atoms with E-state index in [1.165, 1.54) is 0 Å². The summed E-state index contributed by atoms with van der Waals surface area (Å²) in [5.74, 6) is 1.23. The van der Waals surface area contributed by atoms with Crippen LogP contribution < -0.4 is 0 Å². The second-order valence-electron chi connectivity index (χ2n) is 5.11. The molecule has 0 atom stereocenters. The van der Waals surface area contributed by atoms with E-state index >= 15 is 0 Å². The van der Waals surface area contributed by atoms with E-state index in [1.807, 2.05) is 53.6 Å². The van der Waals surface area contributed by atoms with Crippen molar-refractivity contribution in [3.63, 3.8) is 0 Å². The Morgan fingerprint density at radius 2 is 1.95 bits per heavy atom. The average molecular weight is 298 g/mol. The van der Waals surface area contributed by atoms with Gasteiger partial charge in [0.1, 0.15) is 0 Å². The minimum absolute atomic E-state index is 0.183. The number of pyridine rings is 1. The number of amides is 1. The van der Waals surface area contributed by atoms with Gasteiger partial charge in [-0.15, -0.1) is 11.8 Å². The van der Waals surface area contributed by atoms with Crippen molar-refractivity contribution in [1.29, 1.82) is 0 Å². The van der Waals surface area contributed by atoms with Crippen LogP contribution in [-0.4, -0.2) is 28.1 Å². The summed E-state index contributed by atoms with van der Waals surface area (Å²) >= 11 is 1.78. The zero-order valence-electron chi connectivity index (χ0n) is 11.9. The molecule has 1 aliphatic rings. The maximum Gasteiger partial charge on any atom is 0.254 e. The highest BCUT2D eigenvalue weighted by molar-refractivity contribution is 7.99. The highest BCUT2D eigenvalue weighted by atomic mass is 32.2. The normalized spacial score (nSPS) is 13.5. The van der Waals surface area contributed by atoms with Crippen LogP contribution in [0.5, 0.6) is 0 Å². The molecule has 2 aromatic rings. The molecular weight excluding hydrogens is 280 g/mol. The van der Waals surface area contributed by atoms with Gasteiger partial charge in [0.25, 0.3) is 5.91 Å². The monoisotopic (exact) mass is 298 g/mol. The summed E-state index contributed by atoms with van der Waals surface area (Å²) in [6.45, 7) is 1.61. The summed E-state index contributed by atoms with van der Waals surface area (Å²) in [6.07, 6.45) is 3.96. The van der Waals surface area contributed by atoms with Crippen LogP contribution in [0.4, 0.5) is 0 Å². The van der Waals surface area contributed by atoms with Crippen LogP contribution in [0.3, 0.4) is 0 Å². The van der Waals surface area contributed by atoms with E-state index in [4.69, 9.17) is 0 Å². The van der Waals surface area contributed by atoms with E-state index in [0.29, 0.717) is 0 Å². The number of thioether (sulfide) groups is 1. The summed E-state index contributed by atoms with van der Waals surface area (Å²) in [6, 6.07) is 13.9. The minimum Gasteiger partial charge on any atom is -0.334 e. The van der Waals surface area contributed by atoms with Crippen LogP contribution in [0.1, 0.15) is 28.8 Å². The molecule has 0 spiro atoms. The Kier molecular flexibility index (Phi) is 4.55. The second-order valence-corrected chi connectivity index (χ2v) is 6.22. The number of rotatable bonds is 6. The molecule has 0 N–H and O–H groups in total. The van der Waals surface area contributed by atoms with Gasteiger partial charge in [0.2, 0.25) is 0 Å². The maximum absolute atomic E-state index is 12.2. The first kappa shape index (κ1) is 14.1. The highest BCUT2D eigenvalue weighted by Gasteiger charge is 2.25. The molecule has 21 heavy (non-hydrogen) atoms. The van der Waals surface area contributed by atoms with Gasteiger partial charge < -0.3 is 4.90 Å². The van der Waals surface area contributed by atoms with Crippen molar-refractivity contribution < 1.29 is 4.79 Å². The molecule has 0 saturated carbocycles. The van der Waals surface area contributed by atoms with Crippen molar-refractivity contribution in [2.45, 2.75) is 24.4 Å². The summed E-state index contributed by atoms with van der Waals surface area (Å²) in [7, 11) is 0. The molecule has 0 radical (unpaired) electrons. The standard InChI is InChI=1S/C17H18N2OS/c20-17-15-8-2-1-7-14(15)13-19(17)11-5-6-12-21-16-9-3-4-10-18-16/h1-4,7-10H,5-6,11-13H2. The Bertz CT molecular complexity index is 615. The Morgan fingerprint density at radius 1 is 1.10 bits per heavy atom. The summed E-state index contributed by atoms with van der Waals surface area (Å²) in [5.41, 5.74) is 2.03. The predicted octanol–water partition coefficient (Wildman–Crippen LogP) is 3.61. The second kappa shape index (κ2) is 6.76. The third kappa shape index (κ3) is 3.45. The molecule has 1 aromatic heterocycles. The molecule has 0 aliphatic carbocycles. The Labute approximate surface area is 129 Å². The van der Waals surface area contributed by atoms with E-state index in [2.05, 4.69) is 4.98 Å². The van der Waals surface area contributed by atoms with Gasteiger partial charge in [0.05, 0.1) is 5.03 Å². The van der Waals surface area contributed by atoms with Gasteiger partial charge in [-0.25, -0.2) is 4.98 Å². The predicted molar refractivity (Wildman–Crippen MR) is 85.4 cm³/mol. The van der Waals surface area contributed by atoms with Crippen LogP contribution in [-0.2, 0) is 6.54 Å². The molecule has 0 saturated heterocycles. The van der Waals surface area contributed by atoms with E-state index in [1.54, 1.807) is 11.8 Å². The zero-order chi connectivity index (χ0) is 14.5. The number of benzene rings is 1. The van der Waals surface area contributed by atoms with E-state index in [9.17, 15) is 4.79 Å². The zero-order valence-corrected chi connectivity index (χ0v) is 12.7. The molecular formula is C17H18N2OS. The lowest BCUT2D eigenvalue weighted by molar-refractivity contribution is 0.0776. The number of nitrogens with zero attached hydrogens (tertiary/aromatic N) is 2. The lowest BCUT2D eigenvalue weighted by Crippen LogP contribution is -2.25. The lowest BCUT2D eigenvalue weighted by Gasteiger charge is -2.15. The van der Waals surface area contributed by atoms with Gasteiger partial charge in [0, 0.05) is 24.8 Å². The Balaban J connectivity index is 1.40. The molecule has 0 bridgehead atoms. The topological polar surface area (TPSA) is 33.2 Å². The summed E-state index contributed by atoms with van der Waals surface area (Å²) in [4.78, 5) is 18.4. The largest absolute Gasteiger partial charge is 0.334 e. The molecule has 2 heterocycles. The quantitative estimate of drug-likeness (QED) is 0.603. The van der Waals surface area contributed by atoms with Gasteiger partial charge >= 0.3 is 0 Å². The van der Waals surface area contributed by atoms with Gasteiger partial charge in [-0.3, -0.25) is 4.79 Å². The van der Waals surface area contributed by atoms with Crippen molar-refractivity contribution >= 4 is 17.7 Å². The number of hydrogen-bond donors (Lipinski definition) is 0. The fourth-order valence-electron chi connectivity index (χ4n) is 2.51. The average Bonchev–Trinajstić information content (AvgIpc) is 2.85. The van der Waals surface area contributed by atoms with Crippen molar-refractivity contribution in [2.75, 3.05) is 12.3 Å². The molecule has 1 amide bonds. The molecule has 4 heteroatoms. The summed E-state index contributed by atoms with van der Waals surface area (Å²) < 4.78 is 0.